The average molecular weight is 303 g/mol. The number of carbonyl (C=O) groups is 1. The fourth-order valence-electron chi connectivity index (χ4n) is 1.79. The molecule has 0 atom stereocenters. The summed E-state index contributed by atoms with van der Waals surface area (Å²) in [5.41, 5.74) is 2.31. The van der Waals surface area contributed by atoms with Gasteiger partial charge in [-0.3, -0.25) is 10.1 Å². The molecule has 0 aliphatic carbocycles. The summed E-state index contributed by atoms with van der Waals surface area (Å²) < 4.78 is 0. The van der Waals surface area contributed by atoms with Gasteiger partial charge in [0.1, 0.15) is 0 Å². The van der Waals surface area contributed by atoms with Gasteiger partial charge in [0.2, 0.25) is 0 Å². The zero-order valence-electron chi connectivity index (χ0n) is 11.1. The van der Waals surface area contributed by atoms with Crippen LogP contribution in [0.3, 0.4) is 0 Å². The van der Waals surface area contributed by atoms with Crippen LogP contribution in [0.25, 0.3) is 0 Å². The maximum atomic E-state index is 10.9. The minimum atomic E-state index is -0.933. The molecule has 0 unspecified atom stereocenters. The molecule has 0 amide bonds. The molecule has 108 valence electrons. The first-order chi connectivity index (χ1) is 10.1. The SMILES string of the molecule is O=C(O)c1cccc(CSCc2ccc([N+](=O)[O-])cc2)c1. The first kappa shape index (κ1) is 15.1. The lowest BCUT2D eigenvalue weighted by molar-refractivity contribution is -0.384. The lowest BCUT2D eigenvalue weighted by Crippen LogP contribution is -1.96. The molecule has 0 radical (unpaired) electrons. The van der Waals surface area contributed by atoms with E-state index < -0.39 is 10.9 Å². The third-order valence-corrected chi connectivity index (χ3v) is 3.93. The van der Waals surface area contributed by atoms with Crippen LogP contribution in [0.2, 0.25) is 0 Å². The number of aromatic carboxylic acids is 1. The lowest BCUT2D eigenvalue weighted by Gasteiger charge is -2.03. The fourth-order valence-corrected chi connectivity index (χ4v) is 2.74. The Morgan fingerprint density at radius 1 is 1.10 bits per heavy atom. The van der Waals surface area contributed by atoms with E-state index in [-0.39, 0.29) is 11.3 Å². The Balaban J connectivity index is 1.90. The quantitative estimate of drug-likeness (QED) is 0.649. The normalized spacial score (nSPS) is 10.3. The van der Waals surface area contributed by atoms with Crippen molar-refractivity contribution in [1.82, 2.24) is 0 Å². The van der Waals surface area contributed by atoms with Crippen molar-refractivity contribution in [2.75, 3.05) is 0 Å². The third-order valence-electron chi connectivity index (χ3n) is 2.86. The van der Waals surface area contributed by atoms with Crippen molar-refractivity contribution in [2.24, 2.45) is 0 Å². The fraction of sp³-hybridized carbons (Fsp3) is 0.133. The van der Waals surface area contributed by atoms with Crippen molar-refractivity contribution in [3.8, 4) is 0 Å². The van der Waals surface area contributed by atoms with E-state index in [0.717, 1.165) is 16.9 Å². The van der Waals surface area contributed by atoms with E-state index >= 15 is 0 Å². The first-order valence-electron chi connectivity index (χ1n) is 6.19. The Morgan fingerprint density at radius 3 is 2.38 bits per heavy atom. The molecule has 5 nitrogen and oxygen atoms in total. The highest BCUT2D eigenvalue weighted by molar-refractivity contribution is 7.97. The van der Waals surface area contributed by atoms with Crippen molar-refractivity contribution in [3.63, 3.8) is 0 Å². The predicted octanol–water partition coefficient (Wildman–Crippen LogP) is 3.73. The molecule has 1 N–H and O–H groups in total. The van der Waals surface area contributed by atoms with Gasteiger partial charge in [0.25, 0.3) is 5.69 Å². The summed E-state index contributed by atoms with van der Waals surface area (Å²) in [7, 11) is 0. The largest absolute Gasteiger partial charge is 0.478 e. The van der Waals surface area contributed by atoms with Gasteiger partial charge in [0, 0.05) is 23.6 Å². The summed E-state index contributed by atoms with van der Waals surface area (Å²) in [4.78, 5) is 21.0. The van der Waals surface area contributed by atoms with Gasteiger partial charge in [0.15, 0.2) is 0 Å². The van der Waals surface area contributed by atoms with Crippen LogP contribution in [0.4, 0.5) is 5.69 Å². The number of carboxylic acids is 1. The molecule has 6 heteroatoms. The highest BCUT2D eigenvalue weighted by Crippen LogP contribution is 2.20. The average Bonchev–Trinajstić information content (AvgIpc) is 2.48. The van der Waals surface area contributed by atoms with Gasteiger partial charge >= 0.3 is 5.97 Å². The van der Waals surface area contributed by atoms with Crippen LogP contribution in [-0.4, -0.2) is 16.0 Å². The smallest absolute Gasteiger partial charge is 0.335 e. The predicted molar refractivity (Wildman–Crippen MR) is 81.5 cm³/mol. The Labute approximate surface area is 125 Å². The van der Waals surface area contributed by atoms with E-state index in [9.17, 15) is 14.9 Å². The summed E-state index contributed by atoms with van der Waals surface area (Å²) in [6, 6.07) is 13.3. The van der Waals surface area contributed by atoms with E-state index in [1.54, 1.807) is 42.1 Å². The van der Waals surface area contributed by atoms with Crippen molar-refractivity contribution in [1.29, 1.82) is 0 Å². The third kappa shape index (κ3) is 4.32. The number of carboxylic acid groups (broad SMARTS) is 1. The van der Waals surface area contributed by atoms with Gasteiger partial charge < -0.3 is 5.11 Å². The van der Waals surface area contributed by atoms with Crippen molar-refractivity contribution in [2.45, 2.75) is 11.5 Å². The number of hydrogen-bond acceptors (Lipinski definition) is 4. The van der Waals surface area contributed by atoms with Crippen LogP contribution in [0.1, 0.15) is 21.5 Å². The maximum absolute atomic E-state index is 10.9. The van der Waals surface area contributed by atoms with E-state index in [0.29, 0.717) is 5.75 Å². The number of benzene rings is 2. The second-order valence-electron chi connectivity index (χ2n) is 4.42. The van der Waals surface area contributed by atoms with E-state index in [1.807, 2.05) is 6.07 Å². The Kier molecular flexibility index (Phi) is 4.94. The van der Waals surface area contributed by atoms with Gasteiger partial charge in [-0.25, -0.2) is 4.79 Å². The molecule has 0 heterocycles. The number of nitrogens with zero attached hydrogens (tertiary/aromatic N) is 1. The Hall–Kier alpha value is -2.34. The number of non-ortho nitro benzene ring substituents is 1. The van der Waals surface area contributed by atoms with Crippen LogP contribution < -0.4 is 0 Å². The molecule has 2 rings (SSSR count). The molecule has 0 aliphatic rings. The number of nitro benzene ring substituents is 1. The van der Waals surface area contributed by atoms with Gasteiger partial charge in [0.05, 0.1) is 10.5 Å². The van der Waals surface area contributed by atoms with Gasteiger partial charge in [-0.05, 0) is 23.3 Å². The monoisotopic (exact) mass is 303 g/mol. The zero-order valence-corrected chi connectivity index (χ0v) is 11.9. The highest BCUT2D eigenvalue weighted by Gasteiger charge is 2.05. The Bertz CT molecular complexity index is 655. The minimum absolute atomic E-state index is 0.0814. The molecule has 0 bridgehead atoms. The molecule has 0 saturated carbocycles. The van der Waals surface area contributed by atoms with Crippen LogP contribution in [0, 0.1) is 10.1 Å². The summed E-state index contributed by atoms with van der Waals surface area (Å²) >= 11 is 1.63. The van der Waals surface area contributed by atoms with Crippen LogP contribution in [0.15, 0.2) is 48.5 Å². The van der Waals surface area contributed by atoms with Gasteiger partial charge in [-0.15, -0.1) is 0 Å². The van der Waals surface area contributed by atoms with Crippen LogP contribution in [0.5, 0.6) is 0 Å². The molecule has 2 aromatic rings. The molecule has 0 spiro atoms. The summed E-state index contributed by atoms with van der Waals surface area (Å²) in [5, 5.41) is 19.5. The summed E-state index contributed by atoms with van der Waals surface area (Å²) in [5.74, 6) is 0.477. The summed E-state index contributed by atoms with van der Waals surface area (Å²) in [6.07, 6.45) is 0. The van der Waals surface area contributed by atoms with E-state index in [1.165, 1.54) is 12.1 Å². The summed E-state index contributed by atoms with van der Waals surface area (Å²) in [6.45, 7) is 0. The molecule has 2 aromatic carbocycles. The zero-order chi connectivity index (χ0) is 15.2. The van der Waals surface area contributed by atoms with Gasteiger partial charge in [-0.2, -0.15) is 11.8 Å². The van der Waals surface area contributed by atoms with Crippen molar-refractivity contribution in [3.05, 3.63) is 75.3 Å². The maximum Gasteiger partial charge on any atom is 0.335 e. The second kappa shape index (κ2) is 6.90. The minimum Gasteiger partial charge on any atom is -0.478 e. The molecule has 0 aliphatic heterocycles. The van der Waals surface area contributed by atoms with Crippen molar-refractivity contribution >= 4 is 23.4 Å². The number of rotatable bonds is 6. The second-order valence-corrected chi connectivity index (χ2v) is 5.41. The Morgan fingerprint density at radius 2 is 1.76 bits per heavy atom. The molecule has 0 fully saturated rings. The van der Waals surface area contributed by atoms with E-state index in [4.69, 9.17) is 5.11 Å². The number of thioether (sulfide) groups is 1. The standard InChI is InChI=1S/C15H13NO4S/c17-15(18)13-3-1-2-12(8-13)10-21-9-11-4-6-14(7-5-11)16(19)20/h1-8H,9-10H2,(H,17,18). The van der Waals surface area contributed by atoms with Crippen molar-refractivity contribution < 1.29 is 14.8 Å². The van der Waals surface area contributed by atoms with E-state index in [2.05, 4.69) is 0 Å². The molecular weight excluding hydrogens is 290 g/mol. The number of nitro groups is 1. The molecule has 0 saturated heterocycles. The highest BCUT2D eigenvalue weighted by atomic mass is 32.2. The molecule has 21 heavy (non-hydrogen) atoms. The molecular formula is C15H13NO4S. The topological polar surface area (TPSA) is 80.4 Å². The molecule has 0 aromatic heterocycles. The lowest BCUT2D eigenvalue weighted by atomic mass is 10.1. The number of hydrogen-bond donors (Lipinski definition) is 1. The van der Waals surface area contributed by atoms with Crippen LogP contribution >= 0.6 is 11.8 Å². The first-order valence-corrected chi connectivity index (χ1v) is 7.35. The van der Waals surface area contributed by atoms with Gasteiger partial charge in [-0.1, -0.05) is 24.3 Å². The van der Waals surface area contributed by atoms with Crippen LogP contribution in [-0.2, 0) is 11.5 Å².